The fourth-order valence-corrected chi connectivity index (χ4v) is 4.67. The normalized spacial score (nSPS) is 19.2. The second-order valence-corrected chi connectivity index (χ2v) is 8.16. The first-order chi connectivity index (χ1) is 13.7. The number of hydrogen-bond donors (Lipinski definition) is 2. The van der Waals surface area contributed by atoms with Crippen molar-refractivity contribution < 1.29 is 5.11 Å². The highest BCUT2D eigenvalue weighted by molar-refractivity contribution is 14.0. The number of halogens is 1. The zero-order valence-corrected chi connectivity index (χ0v) is 20.7. The Morgan fingerprint density at radius 1 is 1.21 bits per heavy atom. The quantitative estimate of drug-likeness (QED) is 0.328. The van der Waals surface area contributed by atoms with Crippen molar-refractivity contribution in [3.05, 3.63) is 28.8 Å². The first-order valence-electron chi connectivity index (χ1n) is 11.2. The molecule has 0 amide bonds. The van der Waals surface area contributed by atoms with Gasteiger partial charge in [0.1, 0.15) is 5.75 Å². The number of aryl methyl sites for hydroxylation is 1. The van der Waals surface area contributed by atoms with Crippen LogP contribution in [0, 0.1) is 5.92 Å². The monoisotopic (exact) mass is 514 g/mol. The maximum absolute atomic E-state index is 10.5. The molecule has 1 saturated heterocycles. The minimum atomic E-state index is 0. The number of nitrogens with one attached hydrogen (secondary N) is 1. The van der Waals surface area contributed by atoms with E-state index in [2.05, 4.69) is 42.0 Å². The second-order valence-electron chi connectivity index (χ2n) is 8.16. The number of aromatic hydroxyl groups is 1. The fourth-order valence-electron chi connectivity index (χ4n) is 4.67. The van der Waals surface area contributed by atoms with Crippen molar-refractivity contribution in [2.45, 2.75) is 59.4 Å². The zero-order valence-electron chi connectivity index (χ0n) is 18.4. The summed E-state index contributed by atoms with van der Waals surface area (Å²) in [6, 6.07) is 3.96. The Hall–Kier alpha value is -1.02. The van der Waals surface area contributed by atoms with Crippen LogP contribution in [0.5, 0.6) is 5.75 Å². The number of benzene rings is 1. The largest absolute Gasteiger partial charge is 0.508 e. The van der Waals surface area contributed by atoms with Crippen molar-refractivity contribution in [2.75, 3.05) is 39.3 Å². The Kier molecular flexibility index (Phi) is 10.0. The number of nitrogens with zero attached hydrogens (tertiary/aromatic N) is 3. The summed E-state index contributed by atoms with van der Waals surface area (Å²) < 4.78 is 0. The molecule has 3 rings (SSSR count). The number of guanidine groups is 1. The van der Waals surface area contributed by atoms with Crippen LogP contribution >= 0.6 is 24.0 Å². The van der Waals surface area contributed by atoms with E-state index in [-0.39, 0.29) is 24.0 Å². The molecule has 2 aliphatic rings. The molecule has 1 aliphatic heterocycles. The zero-order chi connectivity index (χ0) is 19.9. The number of phenolic OH excluding ortho intramolecular Hbond substituents is 1. The topological polar surface area (TPSA) is 51.1 Å². The SMILES string of the molecule is CCNC(=NCc1c(O)ccc2c1CCCC2)N1CCC(CN(CC)CC)C1.I. The molecule has 1 aromatic rings. The molecule has 0 aromatic heterocycles. The van der Waals surface area contributed by atoms with Crippen molar-refractivity contribution in [1.29, 1.82) is 0 Å². The Balaban J connectivity index is 0.00000300. The van der Waals surface area contributed by atoms with Crippen LogP contribution < -0.4 is 5.32 Å². The third-order valence-corrected chi connectivity index (χ3v) is 6.34. The molecular weight excluding hydrogens is 475 g/mol. The second kappa shape index (κ2) is 12.0. The molecule has 5 nitrogen and oxygen atoms in total. The van der Waals surface area contributed by atoms with E-state index in [0.717, 1.165) is 57.1 Å². The maximum atomic E-state index is 10.5. The van der Waals surface area contributed by atoms with Gasteiger partial charge in [-0.15, -0.1) is 24.0 Å². The first-order valence-corrected chi connectivity index (χ1v) is 11.2. The molecule has 0 radical (unpaired) electrons. The Bertz CT molecular complexity index is 675. The van der Waals surface area contributed by atoms with E-state index in [4.69, 9.17) is 4.99 Å². The number of aliphatic imine (C=N–C) groups is 1. The lowest BCUT2D eigenvalue weighted by Crippen LogP contribution is -2.41. The van der Waals surface area contributed by atoms with E-state index < -0.39 is 0 Å². The average Bonchev–Trinajstić information content (AvgIpc) is 3.18. The summed E-state index contributed by atoms with van der Waals surface area (Å²) >= 11 is 0. The molecule has 1 unspecified atom stereocenters. The van der Waals surface area contributed by atoms with Gasteiger partial charge in [-0.2, -0.15) is 0 Å². The van der Waals surface area contributed by atoms with Gasteiger partial charge in [0.05, 0.1) is 6.54 Å². The fraction of sp³-hybridized carbons (Fsp3) is 0.696. The first kappa shape index (κ1) is 24.3. The van der Waals surface area contributed by atoms with E-state index in [9.17, 15) is 5.11 Å². The predicted molar refractivity (Wildman–Crippen MR) is 132 cm³/mol. The van der Waals surface area contributed by atoms with Gasteiger partial charge in [0.15, 0.2) is 5.96 Å². The van der Waals surface area contributed by atoms with E-state index >= 15 is 0 Å². The van der Waals surface area contributed by atoms with Crippen molar-refractivity contribution >= 4 is 29.9 Å². The highest BCUT2D eigenvalue weighted by atomic mass is 127. The van der Waals surface area contributed by atoms with Crippen LogP contribution in [0.15, 0.2) is 17.1 Å². The van der Waals surface area contributed by atoms with Crippen LogP contribution in [0.1, 0.15) is 56.7 Å². The van der Waals surface area contributed by atoms with Crippen molar-refractivity contribution in [1.82, 2.24) is 15.1 Å². The van der Waals surface area contributed by atoms with Gasteiger partial charge in [-0.3, -0.25) is 0 Å². The Morgan fingerprint density at radius 2 is 1.97 bits per heavy atom. The minimum absolute atomic E-state index is 0. The van der Waals surface area contributed by atoms with Gasteiger partial charge in [0, 0.05) is 31.7 Å². The molecule has 2 N–H and O–H groups in total. The predicted octanol–water partition coefficient (Wildman–Crippen LogP) is 4.02. The maximum Gasteiger partial charge on any atom is 0.194 e. The van der Waals surface area contributed by atoms with Crippen molar-refractivity contribution in [3.63, 3.8) is 0 Å². The summed E-state index contributed by atoms with van der Waals surface area (Å²) in [5, 5.41) is 13.9. The summed E-state index contributed by atoms with van der Waals surface area (Å²) in [5.74, 6) is 2.11. The molecule has 1 atom stereocenters. The molecule has 1 aromatic carbocycles. The summed E-state index contributed by atoms with van der Waals surface area (Å²) in [7, 11) is 0. The molecule has 1 heterocycles. The van der Waals surface area contributed by atoms with Crippen LogP contribution in [0.3, 0.4) is 0 Å². The Morgan fingerprint density at radius 3 is 2.69 bits per heavy atom. The van der Waals surface area contributed by atoms with E-state index in [1.54, 1.807) is 0 Å². The lowest BCUT2D eigenvalue weighted by Gasteiger charge is -2.25. The van der Waals surface area contributed by atoms with Gasteiger partial charge in [-0.05, 0) is 75.2 Å². The molecule has 0 bridgehead atoms. The molecule has 0 saturated carbocycles. The van der Waals surface area contributed by atoms with Crippen LogP contribution in [0.2, 0.25) is 0 Å². The van der Waals surface area contributed by atoms with Crippen LogP contribution in [-0.4, -0.2) is 60.1 Å². The van der Waals surface area contributed by atoms with Crippen LogP contribution in [0.4, 0.5) is 0 Å². The summed E-state index contributed by atoms with van der Waals surface area (Å²) in [6.45, 7) is 13.6. The number of likely N-dealkylation sites (tertiary alicyclic amines) is 1. The van der Waals surface area contributed by atoms with E-state index in [1.807, 2.05) is 6.07 Å². The minimum Gasteiger partial charge on any atom is -0.508 e. The van der Waals surface area contributed by atoms with Gasteiger partial charge < -0.3 is 20.2 Å². The third-order valence-electron chi connectivity index (χ3n) is 6.34. The summed E-state index contributed by atoms with van der Waals surface area (Å²) in [6.07, 6.45) is 5.90. The van der Waals surface area contributed by atoms with Gasteiger partial charge in [-0.25, -0.2) is 4.99 Å². The van der Waals surface area contributed by atoms with Gasteiger partial charge in [-0.1, -0.05) is 19.9 Å². The average molecular weight is 514 g/mol. The smallest absolute Gasteiger partial charge is 0.194 e. The van der Waals surface area contributed by atoms with Crippen LogP contribution in [-0.2, 0) is 19.4 Å². The molecule has 29 heavy (non-hydrogen) atoms. The van der Waals surface area contributed by atoms with E-state index in [0.29, 0.717) is 18.2 Å². The molecule has 0 spiro atoms. The molecule has 164 valence electrons. The molecule has 1 aliphatic carbocycles. The third kappa shape index (κ3) is 6.23. The van der Waals surface area contributed by atoms with Crippen molar-refractivity contribution in [2.24, 2.45) is 10.9 Å². The van der Waals surface area contributed by atoms with Gasteiger partial charge in [0.2, 0.25) is 0 Å². The lowest BCUT2D eigenvalue weighted by molar-refractivity contribution is 0.255. The molecule has 1 fully saturated rings. The standard InChI is InChI=1S/C23H38N4O.HI/c1-4-24-23(27-14-13-18(17-27)16-26(5-2)6-3)25-15-21-20-10-8-7-9-19(20)11-12-22(21)28;/h11-12,18,28H,4-10,13-17H2,1-3H3,(H,24,25);1H. The van der Waals surface area contributed by atoms with Gasteiger partial charge in [0.25, 0.3) is 0 Å². The number of rotatable bonds is 7. The molecule has 6 heteroatoms. The lowest BCUT2D eigenvalue weighted by atomic mass is 9.88. The Labute approximate surface area is 194 Å². The number of hydrogen-bond acceptors (Lipinski definition) is 3. The number of fused-ring (bicyclic) bond motifs is 1. The highest BCUT2D eigenvalue weighted by Crippen LogP contribution is 2.31. The molecular formula is C23H39IN4O. The van der Waals surface area contributed by atoms with Crippen molar-refractivity contribution in [3.8, 4) is 5.75 Å². The van der Waals surface area contributed by atoms with Crippen LogP contribution in [0.25, 0.3) is 0 Å². The van der Waals surface area contributed by atoms with E-state index in [1.165, 1.54) is 36.9 Å². The highest BCUT2D eigenvalue weighted by Gasteiger charge is 2.26. The summed E-state index contributed by atoms with van der Waals surface area (Å²) in [5.41, 5.74) is 3.78. The van der Waals surface area contributed by atoms with Gasteiger partial charge >= 0.3 is 0 Å². The summed E-state index contributed by atoms with van der Waals surface area (Å²) in [4.78, 5) is 9.87. The number of phenols is 1.